The van der Waals surface area contributed by atoms with Crippen LogP contribution in [0.1, 0.15) is 45.6 Å². The topological polar surface area (TPSA) is 9.23 Å². The highest BCUT2D eigenvalue weighted by atomic mass is 79.9. The van der Waals surface area contributed by atoms with Crippen LogP contribution >= 0.6 is 15.9 Å². The number of para-hydroxylation sites is 1. The van der Waals surface area contributed by atoms with Crippen molar-refractivity contribution in [3.8, 4) is 5.75 Å². The van der Waals surface area contributed by atoms with E-state index in [0.717, 1.165) is 12.2 Å². The normalized spacial score (nSPS) is 12.8. The fraction of sp³-hybridized carbons (Fsp3) is 0.600. The van der Waals surface area contributed by atoms with Gasteiger partial charge in [-0.2, -0.15) is 0 Å². The molecule has 1 atom stereocenters. The van der Waals surface area contributed by atoms with Crippen molar-refractivity contribution < 1.29 is 4.74 Å². The summed E-state index contributed by atoms with van der Waals surface area (Å²) in [6.45, 7) is 6.37. The van der Waals surface area contributed by atoms with Gasteiger partial charge in [0.25, 0.3) is 0 Å². The Morgan fingerprint density at radius 3 is 2.53 bits per heavy atom. The maximum atomic E-state index is 5.82. The van der Waals surface area contributed by atoms with Gasteiger partial charge < -0.3 is 4.74 Å². The summed E-state index contributed by atoms with van der Waals surface area (Å²) in [5.41, 5.74) is 1.32. The van der Waals surface area contributed by atoms with E-state index in [-0.39, 0.29) is 6.10 Å². The zero-order valence-electron chi connectivity index (χ0n) is 11.1. The smallest absolute Gasteiger partial charge is 0.122 e. The van der Waals surface area contributed by atoms with Gasteiger partial charge in [-0.1, -0.05) is 47.5 Å². The van der Waals surface area contributed by atoms with E-state index in [2.05, 4.69) is 54.9 Å². The first-order valence-corrected chi connectivity index (χ1v) is 7.43. The largest absolute Gasteiger partial charge is 0.491 e. The molecule has 1 aromatic rings. The van der Waals surface area contributed by atoms with Gasteiger partial charge in [0.15, 0.2) is 0 Å². The van der Waals surface area contributed by atoms with E-state index in [1.54, 1.807) is 0 Å². The van der Waals surface area contributed by atoms with Crippen LogP contribution in [0.15, 0.2) is 24.3 Å². The molecule has 0 radical (unpaired) electrons. The van der Waals surface area contributed by atoms with E-state index in [1.807, 2.05) is 6.07 Å². The van der Waals surface area contributed by atoms with Gasteiger partial charge in [-0.05, 0) is 44.7 Å². The van der Waals surface area contributed by atoms with Crippen LogP contribution in [0.25, 0.3) is 0 Å². The molecule has 2 heteroatoms. The average molecular weight is 299 g/mol. The molecule has 0 spiro atoms. The van der Waals surface area contributed by atoms with Crippen molar-refractivity contribution in [2.24, 2.45) is 0 Å². The number of rotatable bonds is 7. The van der Waals surface area contributed by atoms with E-state index in [1.165, 1.54) is 24.8 Å². The molecular formula is C15H23BrO. The van der Waals surface area contributed by atoms with Gasteiger partial charge in [-0.25, -0.2) is 0 Å². The van der Waals surface area contributed by atoms with Crippen LogP contribution < -0.4 is 4.74 Å². The van der Waals surface area contributed by atoms with E-state index in [9.17, 15) is 0 Å². The zero-order chi connectivity index (χ0) is 12.7. The Hall–Kier alpha value is -0.500. The molecule has 17 heavy (non-hydrogen) atoms. The first-order chi connectivity index (χ1) is 8.13. The quantitative estimate of drug-likeness (QED) is 0.646. The lowest BCUT2D eigenvalue weighted by Crippen LogP contribution is -2.08. The van der Waals surface area contributed by atoms with Gasteiger partial charge in [0, 0.05) is 4.83 Å². The minimum atomic E-state index is 0.242. The summed E-state index contributed by atoms with van der Waals surface area (Å²) in [6, 6.07) is 8.37. The Morgan fingerprint density at radius 1 is 1.18 bits per heavy atom. The van der Waals surface area contributed by atoms with Gasteiger partial charge in [-0.3, -0.25) is 0 Å². The monoisotopic (exact) mass is 298 g/mol. The summed E-state index contributed by atoms with van der Waals surface area (Å²) in [7, 11) is 0. The summed E-state index contributed by atoms with van der Waals surface area (Å²) >= 11 is 3.73. The Labute approximate surface area is 114 Å². The van der Waals surface area contributed by atoms with Gasteiger partial charge in [0.1, 0.15) is 5.75 Å². The molecule has 1 rings (SSSR count). The van der Waals surface area contributed by atoms with Crippen LogP contribution in [0, 0.1) is 0 Å². The number of alkyl halides is 1. The Balaban J connectivity index is 2.57. The molecule has 0 saturated heterocycles. The van der Waals surface area contributed by atoms with Crippen molar-refractivity contribution >= 4 is 15.9 Å². The number of ether oxygens (including phenoxy) is 1. The Kier molecular flexibility index (Phi) is 6.64. The highest BCUT2D eigenvalue weighted by Crippen LogP contribution is 2.23. The van der Waals surface area contributed by atoms with Gasteiger partial charge in [-0.15, -0.1) is 0 Å². The van der Waals surface area contributed by atoms with Crippen LogP contribution in [0.4, 0.5) is 0 Å². The molecule has 1 aromatic carbocycles. The molecule has 0 aromatic heterocycles. The lowest BCUT2D eigenvalue weighted by Gasteiger charge is -2.15. The molecule has 0 aliphatic heterocycles. The van der Waals surface area contributed by atoms with E-state index in [4.69, 9.17) is 4.74 Å². The minimum absolute atomic E-state index is 0.242. The van der Waals surface area contributed by atoms with Crippen molar-refractivity contribution in [3.63, 3.8) is 0 Å². The summed E-state index contributed by atoms with van der Waals surface area (Å²) in [4.78, 5) is 0.625. The third-order valence-corrected chi connectivity index (χ3v) is 3.58. The predicted molar refractivity (Wildman–Crippen MR) is 78.2 cm³/mol. The van der Waals surface area contributed by atoms with E-state index >= 15 is 0 Å². The molecular weight excluding hydrogens is 276 g/mol. The molecule has 1 nitrogen and oxygen atoms in total. The third kappa shape index (κ3) is 5.58. The van der Waals surface area contributed by atoms with Crippen LogP contribution in [0.3, 0.4) is 0 Å². The molecule has 1 unspecified atom stereocenters. The molecule has 0 aliphatic carbocycles. The van der Waals surface area contributed by atoms with Crippen molar-refractivity contribution in [2.45, 2.75) is 57.4 Å². The molecule has 96 valence electrons. The van der Waals surface area contributed by atoms with Crippen molar-refractivity contribution in [3.05, 3.63) is 29.8 Å². The second kappa shape index (κ2) is 7.75. The lowest BCUT2D eigenvalue weighted by molar-refractivity contribution is 0.240. The number of aryl methyl sites for hydroxylation is 1. The number of hydrogen-bond donors (Lipinski definition) is 0. The third-order valence-electron chi connectivity index (χ3n) is 2.66. The summed E-state index contributed by atoms with van der Waals surface area (Å²) in [5, 5.41) is 0. The van der Waals surface area contributed by atoms with E-state index in [0.29, 0.717) is 4.83 Å². The van der Waals surface area contributed by atoms with Crippen LogP contribution in [-0.2, 0) is 6.42 Å². The Morgan fingerprint density at radius 2 is 1.88 bits per heavy atom. The highest BCUT2D eigenvalue weighted by molar-refractivity contribution is 9.09. The summed E-state index contributed by atoms with van der Waals surface area (Å²) < 4.78 is 5.82. The second-order valence-corrected chi connectivity index (χ2v) is 5.99. The molecule has 0 fully saturated rings. The number of benzene rings is 1. The zero-order valence-corrected chi connectivity index (χ0v) is 12.7. The van der Waals surface area contributed by atoms with Crippen LogP contribution in [0.5, 0.6) is 5.75 Å². The van der Waals surface area contributed by atoms with Gasteiger partial charge in [0.05, 0.1) is 6.10 Å². The number of hydrogen-bond acceptors (Lipinski definition) is 1. The highest BCUT2D eigenvalue weighted by Gasteiger charge is 2.08. The van der Waals surface area contributed by atoms with Gasteiger partial charge >= 0.3 is 0 Å². The van der Waals surface area contributed by atoms with Crippen LogP contribution in [-0.4, -0.2) is 10.9 Å². The van der Waals surface area contributed by atoms with E-state index < -0.39 is 0 Å². The average Bonchev–Trinajstić information content (AvgIpc) is 2.27. The first kappa shape index (κ1) is 14.6. The number of halogens is 1. The van der Waals surface area contributed by atoms with Crippen molar-refractivity contribution in [1.29, 1.82) is 0 Å². The SMILES string of the molecule is CCCC(Br)CCc1ccccc1OC(C)C. The fourth-order valence-corrected chi connectivity index (χ4v) is 2.54. The van der Waals surface area contributed by atoms with Crippen LogP contribution in [0.2, 0.25) is 0 Å². The molecule has 0 aliphatic rings. The molecule has 0 bridgehead atoms. The second-order valence-electron chi connectivity index (χ2n) is 4.70. The molecule has 0 N–H and O–H groups in total. The maximum Gasteiger partial charge on any atom is 0.122 e. The fourth-order valence-electron chi connectivity index (χ4n) is 1.85. The standard InChI is InChI=1S/C15H23BrO/c1-4-7-14(16)11-10-13-8-5-6-9-15(13)17-12(2)3/h5-6,8-9,12,14H,4,7,10-11H2,1-3H3. The molecule has 0 saturated carbocycles. The summed E-state index contributed by atoms with van der Waals surface area (Å²) in [5.74, 6) is 1.04. The molecule has 0 heterocycles. The molecule has 0 amide bonds. The van der Waals surface area contributed by atoms with Crippen molar-refractivity contribution in [2.75, 3.05) is 0 Å². The first-order valence-electron chi connectivity index (χ1n) is 6.52. The van der Waals surface area contributed by atoms with Crippen molar-refractivity contribution in [1.82, 2.24) is 0 Å². The predicted octanol–water partition coefficient (Wildman–Crippen LogP) is 4.97. The summed E-state index contributed by atoms with van der Waals surface area (Å²) in [6.07, 6.45) is 4.98. The van der Waals surface area contributed by atoms with Gasteiger partial charge in [0.2, 0.25) is 0 Å². The lowest BCUT2D eigenvalue weighted by atomic mass is 10.1. The Bertz CT molecular complexity index is 322. The minimum Gasteiger partial charge on any atom is -0.491 e. The maximum absolute atomic E-state index is 5.82.